The number of aryl methyl sites for hydroxylation is 1. The van der Waals surface area contributed by atoms with E-state index in [0.29, 0.717) is 28.9 Å². The van der Waals surface area contributed by atoms with Gasteiger partial charge in [-0.2, -0.15) is 9.50 Å². The lowest BCUT2D eigenvalue weighted by molar-refractivity contribution is 0.271. The fraction of sp³-hybridized carbons (Fsp3) is 0.333. The number of nitrogens with zero attached hydrogens (tertiary/aromatic N) is 9. The molecule has 1 aromatic carbocycles. The SMILES string of the molecule is COc1ccc(N2CCN(c3nccc(-c4nnc5nc(CO)nn5c4C)n3)CC2)cc1. The van der Waals surface area contributed by atoms with E-state index in [9.17, 15) is 5.11 Å². The van der Waals surface area contributed by atoms with Crippen LogP contribution in [0.3, 0.4) is 0 Å². The van der Waals surface area contributed by atoms with Crippen molar-refractivity contribution in [1.82, 2.24) is 34.8 Å². The number of piperazine rings is 1. The van der Waals surface area contributed by atoms with Gasteiger partial charge >= 0.3 is 0 Å². The lowest BCUT2D eigenvalue weighted by Crippen LogP contribution is -2.47. The Hall–Kier alpha value is -3.86. The van der Waals surface area contributed by atoms with E-state index in [1.807, 2.05) is 25.1 Å². The van der Waals surface area contributed by atoms with Crippen LogP contribution in [0.25, 0.3) is 17.2 Å². The van der Waals surface area contributed by atoms with E-state index in [0.717, 1.165) is 37.6 Å². The second kappa shape index (κ2) is 8.35. The molecule has 1 aliphatic rings. The topological polar surface area (TPSA) is 118 Å². The van der Waals surface area contributed by atoms with Gasteiger partial charge in [0.25, 0.3) is 5.78 Å². The first kappa shape index (κ1) is 20.1. The molecule has 11 nitrogen and oxygen atoms in total. The summed E-state index contributed by atoms with van der Waals surface area (Å²) in [5, 5.41) is 22.0. The van der Waals surface area contributed by atoms with Gasteiger partial charge in [-0.3, -0.25) is 0 Å². The summed E-state index contributed by atoms with van der Waals surface area (Å²) in [6, 6.07) is 9.93. The van der Waals surface area contributed by atoms with E-state index in [1.54, 1.807) is 17.8 Å². The van der Waals surface area contributed by atoms with Gasteiger partial charge in [0.05, 0.1) is 18.5 Å². The molecule has 0 atom stereocenters. The maximum absolute atomic E-state index is 9.29. The van der Waals surface area contributed by atoms with E-state index in [-0.39, 0.29) is 6.61 Å². The maximum Gasteiger partial charge on any atom is 0.272 e. The zero-order valence-electron chi connectivity index (χ0n) is 17.9. The van der Waals surface area contributed by atoms with Crippen molar-refractivity contribution in [3.05, 3.63) is 48.0 Å². The third-order valence-electron chi connectivity index (χ3n) is 5.56. The molecule has 0 unspecified atom stereocenters. The smallest absolute Gasteiger partial charge is 0.272 e. The first-order chi connectivity index (χ1) is 15.7. The van der Waals surface area contributed by atoms with Gasteiger partial charge in [-0.15, -0.1) is 15.3 Å². The third kappa shape index (κ3) is 3.66. The Morgan fingerprint density at radius 1 is 0.969 bits per heavy atom. The Balaban J connectivity index is 1.34. The Morgan fingerprint density at radius 2 is 1.72 bits per heavy atom. The zero-order chi connectivity index (χ0) is 22.1. The standard InChI is InChI=1S/C21H23N9O2/c1-14-19(25-26-21-24-18(13-31)27-30(14)21)17-7-8-22-20(23-17)29-11-9-28(10-12-29)15-3-5-16(32-2)6-4-15/h3-8,31H,9-13H2,1-2H3. The van der Waals surface area contributed by atoms with Gasteiger partial charge in [-0.25, -0.2) is 9.97 Å². The van der Waals surface area contributed by atoms with Crippen molar-refractivity contribution in [2.24, 2.45) is 0 Å². The molecule has 0 aliphatic carbocycles. The molecular weight excluding hydrogens is 410 g/mol. The van der Waals surface area contributed by atoms with Crippen molar-refractivity contribution < 1.29 is 9.84 Å². The van der Waals surface area contributed by atoms with Gasteiger partial charge in [0.15, 0.2) is 5.82 Å². The molecule has 0 saturated carbocycles. The van der Waals surface area contributed by atoms with Crippen molar-refractivity contribution >= 4 is 17.4 Å². The number of anilines is 2. The molecule has 1 saturated heterocycles. The molecule has 0 amide bonds. The number of fused-ring (bicyclic) bond motifs is 1. The van der Waals surface area contributed by atoms with Crippen LogP contribution < -0.4 is 14.5 Å². The molecule has 1 N–H and O–H groups in total. The van der Waals surface area contributed by atoms with Crippen LogP contribution >= 0.6 is 0 Å². The molecule has 1 aliphatic heterocycles. The van der Waals surface area contributed by atoms with Gasteiger partial charge in [0, 0.05) is 38.1 Å². The lowest BCUT2D eigenvalue weighted by Gasteiger charge is -2.36. The highest BCUT2D eigenvalue weighted by Crippen LogP contribution is 2.23. The fourth-order valence-corrected chi connectivity index (χ4v) is 3.80. The fourth-order valence-electron chi connectivity index (χ4n) is 3.80. The molecule has 4 heterocycles. The summed E-state index contributed by atoms with van der Waals surface area (Å²) in [5.41, 5.74) is 3.19. The molecular formula is C21H23N9O2. The van der Waals surface area contributed by atoms with Gasteiger partial charge in [0.1, 0.15) is 18.1 Å². The van der Waals surface area contributed by atoms with Crippen LogP contribution in [0.5, 0.6) is 5.75 Å². The molecule has 4 aromatic rings. The number of hydrogen-bond donors (Lipinski definition) is 1. The number of aliphatic hydroxyl groups excluding tert-OH is 1. The van der Waals surface area contributed by atoms with Crippen LogP contribution in [-0.2, 0) is 6.61 Å². The number of methoxy groups -OCH3 is 1. The Labute approximate surface area is 184 Å². The summed E-state index contributed by atoms with van der Waals surface area (Å²) < 4.78 is 6.82. The third-order valence-corrected chi connectivity index (χ3v) is 5.56. The summed E-state index contributed by atoms with van der Waals surface area (Å²) in [6.07, 6.45) is 1.74. The van der Waals surface area contributed by atoms with E-state index < -0.39 is 0 Å². The summed E-state index contributed by atoms with van der Waals surface area (Å²) in [4.78, 5) is 17.9. The Bertz CT molecular complexity index is 1230. The molecule has 11 heteroatoms. The molecule has 0 spiro atoms. The summed E-state index contributed by atoms with van der Waals surface area (Å²) in [6.45, 7) is 4.98. The van der Waals surface area contributed by atoms with Crippen molar-refractivity contribution in [3.8, 4) is 17.1 Å². The van der Waals surface area contributed by atoms with E-state index in [4.69, 9.17) is 9.72 Å². The lowest BCUT2D eigenvalue weighted by atomic mass is 10.2. The molecule has 3 aromatic heterocycles. The minimum absolute atomic E-state index is 0.252. The summed E-state index contributed by atoms with van der Waals surface area (Å²) in [5.74, 6) is 2.16. The maximum atomic E-state index is 9.29. The van der Waals surface area contributed by atoms with Crippen LogP contribution in [0.4, 0.5) is 11.6 Å². The molecule has 164 valence electrons. The van der Waals surface area contributed by atoms with Crippen molar-refractivity contribution in [2.75, 3.05) is 43.1 Å². The normalized spacial score (nSPS) is 14.2. The quantitative estimate of drug-likeness (QED) is 0.490. The minimum atomic E-state index is -0.252. The van der Waals surface area contributed by atoms with Crippen LogP contribution in [0.15, 0.2) is 36.5 Å². The van der Waals surface area contributed by atoms with Gasteiger partial charge < -0.3 is 19.6 Å². The Morgan fingerprint density at radius 3 is 2.44 bits per heavy atom. The van der Waals surface area contributed by atoms with E-state index in [2.05, 4.69) is 47.2 Å². The average molecular weight is 433 g/mol. The highest BCUT2D eigenvalue weighted by Gasteiger charge is 2.21. The Kier molecular flexibility index (Phi) is 5.23. The number of aliphatic hydroxyl groups is 1. The molecule has 1 fully saturated rings. The molecule has 0 radical (unpaired) electrons. The van der Waals surface area contributed by atoms with Crippen LogP contribution in [0.1, 0.15) is 11.5 Å². The van der Waals surface area contributed by atoms with Crippen LogP contribution in [-0.4, -0.2) is 73.2 Å². The predicted octanol–water partition coefficient (Wildman–Crippen LogP) is 1.11. The number of benzene rings is 1. The summed E-state index contributed by atoms with van der Waals surface area (Å²) >= 11 is 0. The highest BCUT2D eigenvalue weighted by atomic mass is 16.5. The molecule has 32 heavy (non-hydrogen) atoms. The number of hydrogen-bond acceptors (Lipinski definition) is 10. The largest absolute Gasteiger partial charge is 0.497 e. The minimum Gasteiger partial charge on any atom is -0.497 e. The predicted molar refractivity (Wildman–Crippen MR) is 118 cm³/mol. The van der Waals surface area contributed by atoms with Crippen LogP contribution in [0, 0.1) is 6.92 Å². The van der Waals surface area contributed by atoms with E-state index >= 15 is 0 Å². The van der Waals surface area contributed by atoms with Gasteiger partial charge in [-0.1, -0.05) is 0 Å². The number of rotatable bonds is 5. The first-order valence-electron chi connectivity index (χ1n) is 10.3. The number of aromatic nitrogens is 7. The first-order valence-corrected chi connectivity index (χ1v) is 10.3. The summed E-state index contributed by atoms with van der Waals surface area (Å²) in [7, 11) is 1.67. The monoisotopic (exact) mass is 433 g/mol. The average Bonchev–Trinajstić information content (AvgIpc) is 3.29. The van der Waals surface area contributed by atoms with Crippen molar-refractivity contribution in [1.29, 1.82) is 0 Å². The second-order valence-electron chi connectivity index (χ2n) is 7.45. The zero-order valence-corrected chi connectivity index (χ0v) is 17.9. The van der Waals surface area contributed by atoms with Gasteiger partial charge in [-0.05, 0) is 37.3 Å². The van der Waals surface area contributed by atoms with Crippen molar-refractivity contribution in [3.63, 3.8) is 0 Å². The molecule has 0 bridgehead atoms. The second-order valence-corrected chi connectivity index (χ2v) is 7.45. The van der Waals surface area contributed by atoms with E-state index in [1.165, 1.54) is 5.69 Å². The highest BCUT2D eigenvalue weighted by molar-refractivity contribution is 5.59. The van der Waals surface area contributed by atoms with Gasteiger partial charge in [0.2, 0.25) is 5.95 Å². The number of ether oxygens (including phenoxy) is 1. The van der Waals surface area contributed by atoms with Crippen LogP contribution in [0.2, 0.25) is 0 Å². The molecule has 5 rings (SSSR count). The van der Waals surface area contributed by atoms with Crippen molar-refractivity contribution in [2.45, 2.75) is 13.5 Å².